The molecule has 16 atom stereocenters. The fourth-order valence-corrected chi connectivity index (χ4v) is 10.8. The number of amides is 2. The second-order valence-corrected chi connectivity index (χ2v) is 27.1. The third-order valence-electron chi connectivity index (χ3n) is 14.2. The predicted molar refractivity (Wildman–Crippen MR) is 343 cm³/mol. The van der Waals surface area contributed by atoms with Crippen molar-refractivity contribution in [3.8, 4) is 0 Å². The van der Waals surface area contributed by atoms with Gasteiger partial charge in [-0.25, -0.2) is 9.59 Å². The van der Waals surface area contributed by atoms with E-state index in [1.807, 2.05) is 0 Å². The quantitative estimate of drug-likeness (QED) is 0.0224. The number of ether oxygens (including phenoxy) is 17. The van der Waals surface area contributed by atoms with Gasteiger partial charge in [-0.05, 0) is 16.7 Å². The van der Waals surface area contributed by atoms with Crippen LogP contribution in [-0.4, -0.2) is 197 Å². The van der Waals surface area contributed by atoms with Crippen LogP contribution in [0.15, 0.2) is 91.0 Å². The van der Waals surface area contributed by atoms with Crippen molar-refractivity contribution < 1.29 is 128 Å². The highest BCUT2D eigenvalue weighted by atomic mass is 35.6. The van der Waals surface area contributed by atoms with Crippen LogP contribution in [0.25, 0.3) is 0 Å². The van der Waals surface area contributed by atoms with Crippen molar-refractivity contribution in [3.05, 3.63) is 108 Å². The maximum atomic E-state index is 15.9. The third-order valence-corrected chi connectivity index (χ3v) is 15.1. The van der Waals surface area contributed by atoms with E-state index in [0.29, 0.717) is 16.7 Å². The van der Waals surface area contributed by atoms with Gasteiger partial charge in [0.15, 0.2) is 36.8 Å². The number of carbonyl (C=O) groups excluding carboxylic acids is 10. The van der Waals surface area contributed by atoms with Gasteiger partial charge in [0.1, 0.15) is 62.5 Å². The molecule has 3 aromatic rings. The molecule has 3 heterocycles. The largest absolute Gasteiger partial charge is 0.462 e. The first-order valence-corrected chi connectivity index (χ1v) is 32.4. The Labute approximate surface area is 597 Å². The molecule has 30 nitrogen and oxygen atoms in total. The Morgan fingerprint density at radius 2 is 1.03 bits per heavy atom. The summed E-state index contributed by atoms with van der Waals surface area (Å²) in [5.74, 6) is -14.3. The molecule has 0 aliphatic carbocycles. The van der Waals surface area contributed by atoms with Crippen molar-refractivity contribution in [1.29, 1.82) is 5.41 Å². The molecule has 3 saturated heterocycles. The second-order valence-electron chi connectivity index (χ2n) is 22.3. The summed E-state index contributed by atoms with van der Waals surface area (Å²) < 4.78 is 99.2. The fourth-order valence-electron chi connectivity index (χ4n) is 10.5. The van der Waals surface area contributed by atoms with Crippen molar-refractivity contribution in [2.24, 2.45) is 0 Å². The monoisotopic (exact) mass is 1510 g/mol. The van der Waals surface area contributed by atoms with E-state index in [1.54, 1.807) is 91.0 Å². The minimum atomic E-state index is -3.24. The van der Waals surface area contributed by atoms with Crippen LogP contribution in [0.1, 0.15) is 78.5 Å². The molecule has 0 spiro atoms. The van der Waals surface area contributed by atoms with Gasteiger partial charge in [-0.15, -0.1) is 0 Å². The first-order chi connectivity index (χ1) is 46.6. The van der Waals surface area contributed by atoms with Crippen molar-refractivity contribution in [2.75, 3.05) is 26.4 Å². The number of esters is 8. The van der Waals surface area contributed by atoms with E-state index in [4.69, 9.17) is 156 Å². The number of alkyl carbamates (subject to hydrolysis) is 1. The molecule has 1 unspecified atom stereocenters. The molecule has 0 radical (unpaired) electrons. The Bertz CT molecular complexity index is 3260. The smallest absolute Gasteiger partial charge is 0.407 e. The molecule has 0 aromatic heterocycles. The molecule has 6 rings (SSSR count). The number of halogens is 6. The summed E-state index contributed by atoms with van der Waals surface area (Å²) in [6.07, 6.45) is -28.8. The van der Waals surface area contributed by atoms with Gasteiger partial charge in [-0.3, -0.25) is 43.8 Å². The number of hydrogen-bond donors (Lipinski definition) is 3. The molecule has 544 valence electrons. The van der Waals surface area contributed by atoms with E-state index in [0.717, 1.165) is 55.4 Å². The number of benzene rings is 3. The van der Waals surface area contributed by atoms with Gasteiger partial charge in [0, 0.05) is 55.4 Å². The molecule has 0 bridgehead atoms. The second kappa shape index (κ2) is 37.7. The van der Waals surface area contributed by atoms with Crippen LogP contribution in [-0.2, 0) is 143 Å². The molecule has 99 heavy (non-hydrogen) atoms. The first kappa shape index (κ1) is 81.1. The first-order valence-electron chi connectivity index (χ1n) is 30.1. The molecule has 3 aliphatic heterocycles. The molecule has 0 saturated carbocycles. The lowest BCUT2D eigenvalue weighted by Crippen LogP contribution is -2.72. The zero-order valence-electron chi connectivity index (χ0n) is 54.3. The summed E-state index contributed by atoms with van der Waals surface area (Å²) in [5.41, 5.74) is 1.56. The van der Waals surface area contributed by atoms with Gasteiger partial charge >= 0.3 is 53.8 Å². The normalized spacial score (nSPS) is 25.9. The average molecular weight is 1520 g/mol. The zero-order chi connectivity index (χ0) is 72.9. The number of rotatable bonds is 29. The van der Waals surface area contributed by atoms with Gasteiger partial charge in [0.25, 0.3) is 9.58 Å². The fraction of sp³-hybridized carbons (Fsp3) is 0.540. The highest BCUT2D eigenvalue weighted by Gasteiger charge is 2.64. The minimum absolute atomic E-state index is 0.159. The lowest BCUT2D eigenvalue weighted by molar-refractivity contribution is -0.383. The standard InChI is InChI=1S/C63H73Cl6N3O27/c1-32(73)71-47-43(88-34(3)75)24-61(59(81)86-27-42-22-16-11-17-23-42,98-53(47)50(90-36(5)77)46(89-35(4)76)30-85-33(2)74)99-54-51(91-37(6)78)45(29-84-26-41-20-14-10-15-21-41)95-57(55(54)93-39(8)80)96-49-44(28-83-25-40-18-12-9-13-19-40)94-56(97-58(70)63(67,68)69)48(52(49)92-38(7)79)72-60(82)87-31-62(64,65)66/h9-23,43-57,70H,24-31H2,1-8H3,(H,71,73)(H,72,82)/t43-,44+,45+,46+,47+,48+,49+,50+,51-,52+,53+,54-,55+,56?,57-,61-/m0/s1. The van der Waals surface area contributed by atoms with Gasteiger partial charge in [-0.1, -0.05) is 161 Å². The Kier molecular flexibility index (Phi) is 30.8. The van der Waals surface area contributed by atoms with Crippen LogP contribution in [0.3, 0.4) is 0 Å². The van der Waals surface area contributed by atoms with Crippen LogP contribution >= 0.6 is 69.6 Å². The molecule has 3 aliphatic rings. The molecule has 2 amide bonds. The Hall–Kier alpha value is -6.91. The molecule has 3 N–H and O–H groups in total. The molecule has 3 fully saturated rings. The minimum Gasteiger partial charge on any atom is -0.462 e. The van der Waals surface area contributed by atoms with Gasteiger partial charge in [-0.2, -0.15) is 0 Å². The average Bonchev–Trinajstić information content (AvgIpc) is 0.743. The zero-order valence-corrected chi connectivity index (χ0v) is 58.8. The van der Waals surface area contributed by atoms with Crippen molar-refractivity contribution in [1.82, 2.24) is 10.6 Å². The Balaban J connectivity index is 1.67. The summed E-state index contributed by atoms with van der Waals surface area (Å²) in [5, 5.41) is 13.6. The van der Waals surface area contributed by atoms with Crippen LogP contribution in [0, 0.1) is 5.41 Å². The van der Waals surface area contributed by atoms with E-state index in [-0.39, 0.29) is 13.2 Å². The highest BCUT2D eigenvalue weighted by molar-refractivity contribution is 6.76. The van der Waals surface area contributed by atoms with Crippen LogP contribution in [0.4, 0.5) is 4.79 Å². The number of alkyl halides is 6. The summed E-state index contributed by atoms with van der Waals surface area (Å²) in [7, 11) is 0. The number of nitrogens with one attached hydrogen (secondary N) is 3. The lowest BCUT2D eigenvalue weighted by Gasteiger charge is -2.52. The van der Waals surface area contributed by atoms with Crippen LogP contribution in [0.2, 0.25) is 0 Å². The van der Waals surface area contributed by atoms with E-state index in [9.17, 15) is 43.2 Å². The summed E-state index contributed by atoms with van der Waals surface area (Å²) in [6, 6.07) is 21.4. The molecule has 3 aromatic carbocycles. The lowest BCUT2D eigenvalue weighted by atomic mass is 9.87. The Morgan fingerprint density at radius 3 is 1.52 bits per heavy atom. The van der Waals surface area contributed by atoms with E-state index in [1.165, 1.54) is 0 Å². The van der Waals surface area contributed by atoms with E-state index < -0.39 is 210 Å². The van der Waals surface area contributed by atoms with Crippen molar-refractivity contribution in [2.45, 2.75) is 187 Å². The van der Waals surface area contributed by atoms with Gasteiger partial charge in [0.2, 0.25) is 21.9 Å². The number of hydrogen-bond acceptors (Lipinski definition) is 28. The molecular weight excluding hydrogens is 1440 g/mol. The molecular formula is C63H73Cl6N3O27. The summed E-state index contributed by atoms with van der Waals surface area (Å²) in [4.78, 5) is 137. The van der Waals surface area contributed by atoms with Crippen LogP contribution < -0.4 is 10.6 Å². The highest BCUT2D eigenvalue weighted by Crippen LogP contribution is 2.43. The predicted octanol–water partition coefficient (Wildman–Crippen LogP) is 6.36. The number of carbonyl (C=O) groups is 10. The van der Waals surface area contributed by atoms with E-state index in [2.05, 4.69) is 10.6 Å². The third kappa shape index (κ3) is 25.6. The summed E-state index contributed by atoms with van der Waals surface area (Å²) >= 11 is 36.2. The van der Waals surface area contributed by atoms with Crippen LogP contribution in [0.5, 0.6) is 0 Å². The Morgan fingerprint density at radius 1 is 0.535 bits per heavy atom. The van der Waals surface area contributed by atoms with Crippen molar-refractivity contribution >= 4 is 135 Å². The van der Waals surface area contributed by atoms with Gasteiger partial charge in [0.05, 0.1) is 38.9 Å². The summed E-state index contributed by atoms with van der Waals surface area (Å²) in [6.45, 7) is 3.69. The maximum absolute atomic E-state index is 15.9. The SMILES string of the molecule is CC(=O)N[C@H]1[C@H]([C@H](OC(C)=O)[C@@H](COC(C)=O)OC(C)=O)O[C@@](O[C@H]2[C@@H](OC(C)=O)[C@@H](COCc3ccccc3)O[C@@H](O[C@H]3[C@H](OC(C)=O)[C@@H](NC(=O)OCC(Cl)(Cl)Cl)C(OC(=N)C(Cl)(Cl)Cl)O[C@@H]3COCc3ccccc3)[C@@H]2OC(C)=O)(C(=O)OCc2ccccc2)C[C@@H]1OC(C)=O. The molecule has 36 heteroatoms. The van der Waals surface area contributed by atoms with Crippen molar-refractivity contribution in [3.63, 3.8) is 0 Å². The topological polar surface area (TPSA) is 376 Å². The van der Waals surface area contributed by atoms with Gasteiger partial charge < -0.3 is 91.2 Å². The van der Waals surface area contributed by atoms with E-state index >= 15 is 4.79 Å². The maximum Gasteiger partial charge on any atom is 0.407 e.